The van der Waals surface area contributed by atoms with Crippen LogP contribution in [0.15, 0.2) is 0 Å². The Morgan fingerprint density at radius 1 is 1.54 bits per heavy atom. The van der Waals surface area contributed by atoms with Gasteiger partial charge in [-0.1, -0.05) is 36.7 Å². The summed E-state index contributed by atoms with van der Waals surface area (Å²) in [4.78, 5) is 0.615. The standard InChI is InChI=1S/C11H21BrO/c1-9(12)7-11(2,3)8-10-5-4-6-13-10/h9-10H,4-8H2,1-3H3. The van der Waals surface area contributed by atoms with E-state index >= 15 is 0 Å². The van der Waals surface area contributed by atoms with Crippen LogP contribution in [0.1, 0.15) is 46.5 Å². The van der Waals surface area contributed by atoms with Gasteiger partial charge in [-0.3, -0.25) is 0 Å². The van der Waals surface area contributed by atoms with Crippen LogP contribution in [-0.2, 0) is 4.74 Å². The Balaban J connectivity index is 2.31. The molecular weight excluding hydrogens is 228 g/mol. The van der Waals surface area contributed by atoms with Gasteiger partial charge in [-0.25, -0.2) is 0 Å². The molecule has 1 saturated heterocycles. The molecule has 2 unspecified atom stereocenters. The minimum atomic E-state index is 0.415. The molecule has 2 heteroatoms. The van der Waals surface area contributed by atoms with Crippen LogP contribution in [0.3, 0.4) is 0 Å². The highest BCUT2D eigenvalue weighted by Gasteiger charge is 2.27. The first kappa shape index (κ1) is 11.5. The van der Waals surface area contributed by atoms with Gasteiger partial charge in [-0.05, 0) is 31.1 Å². The highest BCUT2D eigenvalue weighted by Crippen LogP contribution is 2.33. The lowest BCUT2D eigenvalue weighted by molar-refractivity contribution is 0.0692. The van der Waals surface area contributed by atoms with Gasteiger partial charge in [0.05, 0.1) is 6.10 Å². The van der Waals surface area contributed by atoms with E-state index in [1.54, 1.807) is 0 Å². The minimum absolute atomic E-state index is 0.415. The quantitative estimate of drug-likeness (QED) is 0.689. The summed E-state index contributed by atoms with van der Waals surface area (Å²) in [5.74, 6) is 0. The van der Waals surface area contributed by atoms with Crippen LogP contribution in [0, 0.1) is 5.41 Å². The molecule has 0 aromatic rings. The fraction of sp³-hybridized carbons (Fsp3) is 1.00. The van der Waals surface area contributed by atoms with Crippen LogP contribution in [-0.4, -0.2) is 17.5 Å². The van der Waals surface area contributed by atoms with E-state index in [9.17, 15) is 0 Å². The van der Waals surface area contributed by atoms with Gasteiger partial charge in [0.2, 0.25) is 0 Å². The molecule has 78 valence electrons. The Kier molecular flexibility index (Phi) is 4.24. The Labute approximate surface area is 90.4 Å². The Morgan fingerprint density at radius 2 is 2.23 bits per heavy atom. The van der Waals surface area contributed by atoms with Gasteiger partial charge in [-0.2, -0.15) is 0 Å². The number of alkyl halides is 1. The van der Waals surface area contributed by atoms with Crippen molar-refractivity contribution in [3.8, 4) is 0 Å². The van der Waals surface area contributed by atoms with Crippen molar-refractivity contribution in [1.82, 2.24) is 0 Å². The lowest BCUT2D eigenvalue weighted by atomic mass is 9.82. The average Bonchev–Trinajstić information content (AvgIpc) is 2.34. The molecule has 1 heterocycles. The van der Waals surface area contributed by atoms with Crippen molar-refractivity contribution in [2.45, 2.75) is 57.4 Å². The molecule has 13 heavy (non-hydrogen) atoms. The summed E-state index contributed by atoms with van der Waals surface area (Å²) >= 11 is 3.62. The Bertz CT molecular complexity index is 148. The molecule has 0 aromatic carbocycles. The van der Waals surface area contributed by atoms with Crippen LogP contribution in [0.4, 0.5) is 0 Å². The molecule has 0 amide bonds. The maximum absolute atomic E-state index is 5.66. The summed E-state index contributed by atoms with van der Waals surface area (Å²) in [5, 5.41) is 0. The molecule has 1 aliphatic rings. The lowest BCUT2D eigenvalue weighted by Gasteiger charge is -2.28. The van der Waals surface area contributed by atoms with Crippen LogP contribution in [0.25, 0.3) is 0 Å². The Hall–Kier alpha value is 0.440. The van der Waals surface area contributed by atoms with Gasteiger partial charge in [0, 0.05) is 11.4 Å². The SMILES string of the molecule is CC(Br)CC(C)(C)CC1CCCO1. The zero-order valence-corrected chi connectivity index (χ0v) is 10.6. The molecule has 0 bridgehead atoms. The van der Waals surface area contributed by atoms with Crippen LogP contribution in [0.2, 0.25) is 0 Å². The number of halogens is 1. The van der Waals surface area contributed by atoms with E-state index in [1.807, 2.05) is 0 Å². The van der Waals surface area contributed by atoms with Gasteiger partial charge in [0.1, 0.15) is 0 Å². The van der Waals surface area contributed by atoms with Gasteiger partial charge in [0.25, 0.3) is 0 Å². The third kappa shape index (κ3) is 4.46. The molecule has 2 atom stereocenters. The summed E-state index contributed by atoms with van der Waals surface area (Å²) in [6.45, 7) is 7.88. The molecule has 0 radical (unpaired) electrons. The van der Waals surface area contributed by atoms with Crippen molar-refractivity contribution >= 4 is 15.9 Å². The second-order valence-corrected chi connectivity index (χ2v) is 6.55. The normalized spacial score (nSPS) is 26.3. The maximum atomic E-state index is 5.66. The number of ether oxygens (including phenoxy) is 1. The molecule has 1 rings (SSSR count). The molecule has 1 nitrogen and oxygen atoms in total. The monoisotopic (exact) mass is 248 g/mol. The predicted molar refractivity (Wildman–Crippen MR) is 60.4 cm³/mol. The van der Waals surface area contributed by atoms with Crippen molar-refractivity contribution < 1.29 is 4.74 Å². The van der Waals surface area contributed by atoms with E-state index in [0.29, 0.717) is 16.3 Å². The van der Waals surface area contributed by atoms with Gasteiger partial charge >= 0.3 is 0 Å². The molecule has 0 N–H and O–H groups in total. The number of hydrogen-bond donors (Lipinski definition) is 0. The first-order valence-electron chi connectivity index (χ1n) is 5.25. The number of rotatable bonds is 4. The summed E-state index contributed by atoms with van der Waals surface area (Å²) in [6.07, 6.45) is 5.49. The molecule has 0 saturated carbocycles. The average molecular weight is 249 g/mol. The van der Waals surface area contributed by atoms with Crippen molar-refractivity contribution in [1.29, 1.82) is 0 Å². The largest absolute Gasteiger partial charge is 0.378 e. The predicted octanol–water partition coefficient (Wildman–Crippen LogP) is 3.76. The highest BCUT2D eigenvalue weighted by molar-refractivity contribution is 9.09. The van der Waals surface area contributed by atoms with E-state index in [1.165, 1.54) is 25.7 Å². The van der Waals surface area contributed by atoms with Gasteiger partial charge in [0.15, 0.2) is 0 Å². The molecule has 0 spiro atoms. The van der Waals surface area contributed by atoms with E-state index in [-0.39, 0.29) is 0 Å². The summed E-state index contributed by atoms with van der Waals surface area (Å²) < 4.78 is 5.66. The molecule has 1 fully saturated rings. The fourth-order valence-electron chi connectivity index (χ4n) is 2.27. The van der Waals surface area contributed by atoms with Crippen LogP contribution in [0.5, 0.6) is 0 Å². The zero-order valence-electron chi connectivity index (χ0n) is 8.98. The maximum Gasteiger partial charge on any atom is 0.0581 e. The van der Waals surface area contributed by atoms with Gasteiger partial charge in [-0.15, -0.1) is 0 Å². The molecule has 1 aliphatic heterocycles. The fourth-order valence-corrected chi connectivity index (χ4v) is 3.14. The first-order valence-corrected chi connectivity index (χ1v) is 6.17. The van der Waals surface area contributed by atoms with Crippen LogP contribution >= 0.6 is 15.9 Å². The third-order valence-electron chi connectivity index (χ3n) is 2.64. The lowest BCUT2D eigenvalue weighted by Crippen LogP contribution is -2.22. The van der Waals surface area contributed by atoms with E-state index in [4.69, 9.17) is 4.74 Å². The second kappa shape index (κ2) is 4.79. The van der Waals surface area contributed by atoms with E-state index in [0.717, 1.165) is 6.61 Å². The molecular formula is C11H21BrO. The van der Waals surface area contributed by atoms with Gasteiger partial charge < -0.3 is 4.74 Å². The van der Waals surface area contributed by atoms with E-state index < -0.39 is 0 Å². The van der Waals surface area contributed by atoms with Crippen molar-refractivity contribution in [2.24, 2.45) is 5.41 Å². The third-order valence-corrected chi connectivity index (χ3v) is 2.96. The minimum Gasteiger partial charge on any atom is -0.378 e. The topological polar surface area (TPSA) is 9.23 Å². The molecule has 0 aliphatic carbocycles. The summed E-state index contributed by atoms with van der Waals surface area (Å²) in [7, 11) is 0. The summed E-state index contributed by atoms with van der Waals surface area (Å²) in [6, 6.07) is 0. The smallest absolute Gasteiger partial charge is 0.0581 e. The molecule has 0 aromatic heterocycles. The van der Waals surface area contributed by atoms with Crippen LogP contribution < -0.4 is 0 Å². The van der Waals surface area contributed by atoms with Crippen molar-refractivity contribution in [3.05, 3.63) is 0 Å². The first-order chi connectivity index (χ1) is 5.99. The highest BCUT2D eigenvalue weighted by atomic mass is 79.9. The van der Waals surface area contributed by atoms with Crippen molar-refractivity contribution in [2.75, 3.05) is 6.61 Å². The van der Waals surface area contributed by atoms with E-state index in [2.05, 4.69) is 36.7 Å². The number of hydrogen-bond acceptors (Lipinski definition) is 1. The van der Waals surface area contributed by atoms with Crippen molar-refractivity contribution in [3.63, 3.8) is 0 Å². The Morgan fingerprint density at radius 3 is 2.69 bits per heavy atom. The zero-order chi connectivity index (χ0) is 9.90. The second-order valence-electron chi connectivity index (χ2n) is 4.99. The summed E-state index contributed by atoms with van der Waals surface area (Å²) in [5.41, 5.74) is 0.415.